The van der Waals surface area contributed by atoms with E-state index in [0.29, 0.717) is 18.5 Å². The number of carboxylic acid groups (broad SMARTS) is 1. The predicted molar refractivity (Wildman–Crippen MR) is 62.6 cm³/mol. The van der Waals surface area contributed by atoms with Crippen LogP contribution in [0.5, 0.6) is 0 Å². The summed E-state index contributed by atoms with van der Waals surface area (Å²) in [5.41, 5.74) is 1.55. The number of carboxylic acids is 1. The molecular weight excluding hydrogens is 245 g/mol. The monoisotopic (exact) mass is 257 g/mol. The first-order chi connectivity index (χ1) is 8.00. The normalized spacial score (nSPS) is 23.9. The molecule has 0 aliphatic carbocycles. The van der Waals surface area contributed by atoms with Crippen LogP contribution in [0.2, 0.25) is 5.02 Å². The lowest BCUT2D eigenvalue weighted by molar-refractivity contribution is -0.141. The van der Waals surface area contributed by atoms with Crippen molar-refractivity contribution in [3.05, 3.63) is 34.1 Å². The van der Waals surface area contributed by atoms with E-state index >= 15 is 0 Å². The molecule has 17 heavy (non-hydrogen) atoms. The summed E-state index contributed by atoms with van der Waals surface area (Å²) in [4.78, 5) is 10.9. The number of aryl methyl sites for hydroxylation is 1. The summed E-state index contributed by atoms with van der Waals surface area (Å²) in [6.45, 7) is 2.24. The zero-order chi connectivity index (χ0) is 12.6. The van der Waals surface area contributed by atoms with Crippen molar-refractivity contribution in [1.82, 2.24) is 5.32 Å². The number of benzene rings is 1. The van der Waals surface area contributed by atoms with Crippen LogP contribution in [0, 0.1) is 18.7 Å². The highest BCUT2D eigenvalue weighted by atomic mass is 35.5. The van der Waals surface area contributed by atoms with E-state index < -0.39 is 17.7 Å². The molecule has 1 saturated heterocycles. The molecule has 1 aliphatic heterocycles. The highest BCUT2D eigenvalue weighted by Crippen LogP contribution is 2.35. The van der Waals surface area contributed by atoms with Crippen LogP contribution < -0.4 is 5.32 Å². The SMILES string of the molecule is Cc1ccc(F)c(Cl)c1C1CC(C(=O)O)CN1. The van der Waals surface area contributed by atoms with Gasteiger partial charge in [-0.1, -0.05) is 17.7 Å². The lowest BCUT2D eigenvalue weighted by Crippen LogP contribution is -2.17. The van der Waals surface area contributed by atoms with Crippen molar-refractivity contribution in [3.8, 4) is 0 Å². The maximum Gasteiger partial charge on any atom is 0.307 e. The van der Waals surface area contributed by atoms with Gasteiger partial charge >= 0.3 is 5.97 Å². The minimum atomic E-state index is -0.829. The Morgan fingerprint density at radius 3 is 2.88 bits per heavy atom. The van der Waals surface area contributed by atoms with Gasteiger partial charge in [0.1, 0.15) is 5.82 Å². The summed E-state index contributed by atoms with van der Waals surface area (Å²) >= 11 is 5.94. The van der Waals surface area contributed by atoms with E-state index in [-0.39, 0.29) is 11.1 Å². The van der Waals surface area contributed by atoms with Crippen molar-refractivity contribution in [2.24, 2.45) is 5.92 Å². The molecule has 1 aromatic rings. The van der Waals surface area contributed by atoms with Gasteiger partial charge in [-0.15, -0.1) is 0 Å². The van der Waals surface area contributed by atoms with E-state index in [0.717, 1.165) is 5.56 Å². The largest absolute Gasteiger partial charge is 0.481 e. The van der Waals surface area contributed by atoms with Crippen molar-refractivity contribution in [3.63, 3.8) is 0 Å². The van der Waals surface area contributed by atoms with Crippen molar-refractivity contribution >= 4 is 17.6 Å². The average molecular weight is 258 g/mol. The first-order valence-corrected chi connectivity index (χ1v) is 5.79. The summed E-state index contributed by atoms with van der Waals surface area (Å²) in [5, 5.41) is 12.1. The summed E-state index contributed by atoms with van der Waals surface area (Å²) in [7, 11) is 0. The molecule has 0 aromatic heterocycles. The second-order valence-electron chi connectivity index (χ2n) is 4.32. The molecule has 1 fully saturated rings. The molecule has 2 rings (SSSR count). The maximum atomic E-state index is 13.4. The summed E-state index contributed by atoms with van der Waals surface area (Å²) in [6, 6.07) is 2.80. The second-order valence-corrected chi connectivity index (χ2v) is 4.70. The highest BCUT2D eigenvalue weighted by Gasteiger charge is 2.32. The Hall–Kier alpha value is -1.13. The quantitative estimate of drug-likeness (QED) is 0.856. The fraction of sp³-hybridized carbons (Fsp3) is 0.417. The van der Waals surface area contributed by atoms with Gasteiger partial charge in [0, 0.05) is 12.6 Å². The van der Waals surface area contributed by atoms with Gasteiger partial charge in [-0.3, -0.25) is 4.79 Å². The van der Waals surface area contributed by atoms with Gasteiger partial charge in [0.05, 0.1) is 10.9 Å². The number of nitrogens with one attached hydrogen (secondary N) is 1. The Bertz CT molecular complexity index is 464. The van der Waals surface area contributed by atoms with Gasteiger partial charge in [-0.25, -0.2) is 4.39 Å². The predicted octanol–water partition coefficient (Wildman–Crippen LogP) is 2.52. The number of hydrogen-bond donors (Lipinski definition) is 2. The molecule has 1 heterocycles. The van der Waals surface area contributed by atoms with Crippen LogP contribution >= 0.6 is 11.6 Å². The zero-order valence-electron chi connectivity index (χ0n) is 9.34. The topological polar surface area (TPSA) is 49.3 Å². The third-order valence-corrected chi connectivity index (χ3v) is 3.56. The molecule has 2 atom stereocenters. The van der Waals surface area contributed by atoms with Crippen molar-refractivity contribution < 1.29 is 14.3 Å². The van der Waals surface area contributed by atoms with E-state index in [2.05, 4.69) is 5.32 Å². The first kappa shape index (κ1) is 12.3. The molecule has 2 unspecified atom stereocenters. The molecule has 0 radical (unpaired) electrons. The fourth-order valence-corrected chi connectivity index (χ4v) is 2.58. The second kappa shape index (κ2) is 4.63. The molecule has 1 aliphatic rings. The van der Waals surface area contributed by atoms with Crippen LogP contribution in [0.3, 0.4) is 0 Å². The molecule has 2 N–H and O–H groups in total. The Morgan fingerprint density at radius 1 is 1.59 bits per heavy atom. The maximum absolute atomic E-state index is 13.4. The molecule has 92 valence electrons. The molecule has 5 heteroatoms. The fourth-order valence-electron chi connectivity index (χ4n) is 2.23. The number of rotatable bonds is 2. The summed E-state index contributed by atoms with van der Waals surface area (Å²) < 4.78 is 13.4. The molecule has 0 amide bonds. The van der Waals surface area contributed by atoms with Crippen molar-refractivity contribution in [2.45, 2.75) is 19.4 Å². The standard InChI is InChI=1S/C12H13ClFNO2/c1-6-2-3-8(14)11(13)10(6)9-4-7(5-15-9)12(16)17/h2-3,7,9,15H,4-5H2,1H3,(H,16,17). The van der Waals surface area contributed by atoms with Gasteiger partial charge < -0.3 is 10.4 Å². The number of aliphatic carboxylic acids is 1. The molecule has 0 bridgehead atoms. The minimum absolute atomic E-state index is 0.0912. The molecule has 0 spiro atoms. The van der Waals surface area contributed by atoms with Crippen molar-refractivity contribution in [2.75, 3.05) is 6.54 Å². The van der Waals surface area contributed by atoms with Crippen LogP contribution in [0.15, 0.2) is 12.1 Å². The summed E-state index contributed by atoms with van der Waals surface area (Å²) in [5.74, 6) is -1.73. The van der Waals surface area contributed by atoms with Crippen molar-refractivity contribution in [1.29, 1.82) is 0 Å². The van der Waals surface area contributed by atoms with E-state index in [9.17, 15) is 9.18 Å². The molecular formula is C12H13ClFNO2. The Labute approximate surface area is 104 Å². The van der Waals surface area contributed by atoms with E-state index in [1.807, 2.05) is 6.92 Å². The molecule has 0 saturated carbocycles. The third kappa shape index (κ3) is 2.28. The lowest BCUT2D eigenvalue weighted by atomic mass is 9.96. The van der Waals surface area contributed by atoms with Crippen LogP contribution in [0.1, 0.15) is 23.6 Å². The average Bonchev–Trinajstić information content (AvgIpc) is 2.73. The first-order valence-electron chi connectivity index (χ1n) is 5.41. The van der Waals surface area contributed by atoms with Gasteiger partial charge in [0.2, 0.25) is 0 Å². The van der Waals surface area contributed by atoms with Crippen LogP contribution in [0.4, 0.5) is 4.39 Å². The van der Waals surface area contributed by atoms with Crippen LogP contribution in [-0.2, 0) is 4.79 Å². The number of carbonyl (C=O) groups is 1. The van der Waals surface area contributed by atoms with E-state index in [1.54, 1.807) is 6.07 Å². The third-order valence-electron chi connectivity index (χ3n) is 3.18. The van der Waals surface area contributed by atoms with E-state index in [1.165, 1.54) is 6.07 Å². The Kier molecular flexibility index (Phi) is 3.35. The van der Waals surface area contributed by atoms with Crippen LogP contribution in [0.25, 0.3) is 0 Å². The van der Waals surface area contributed by atoms with Crippen LogP contribution in [-0.4, -0.2) is 17.6 Å². The molecule has 1 aromatic carbocycles. The van der Waals surface area contributed by atoms with Gasteiger partial charge in [-0.05, 0) is 30.5 Å². The highest BCUT2D eigenvalue weighted by molar-refractivity contribution is 6.31. The lowest BCUT2D eigenvalue weighted by Gasteiger charge is -2.16. The smallest absolute Gasteiger partial charge is 0.307 e. The van der Waals surface area contributed by atoms with Gasteiger partial charge in [0.25, 0.3) is 0 Å². The van der Waals surface area contributed by atoms with E-state index in [4.69, 9.17) is 16.7 Å². The number of hydrogen-bond acceptors (Lipinski definition) is 2. The molecule has 3 nitrogen and oxygen atoms in total. The number of halogens is 2. The Morgan fingerprint density at radius 2 is 2.29 bits per heavy atom. The zero-order valence-corrected chi connectivity index (χ0v) is 10.1. The van der Waals surface area contributed by atoms with Gasteiger partial charge in [-0.2, -0.15) is 0 Å². The van der Waals surface area contributed by atoms with Gasteiger partial charge in [0.15, 0.2) is 0 Å². The minimum Gasteiger partial charge on any atom is -0.481 e. The Balaban J connectivity index is 2.30. The summed E-state index contributed by atoms with van der Waals surface area (Å²) in [6.07, 6.45) is 0.444.